The third kappa shape index (κ3) is 3.14. The molecule has 0 spiro atoms. The van der Waals surface area contributed by atoms with Crippen LogP contribution in [0.15, 0.2) is 30.5 Å². The van der Waals surface area contributed by atoms with Gasteiger partial charge in [0.05, 0.1) is 30.1 Å². The molecule has 1 heterocycles. The van der Waals surface area contributed by atoms with Crippen LogP contribution in [0.1, 0.15) is 37.2 Å². The van der Waals surface area contributed by atoms with Crippen LogP contribution in [-0.2, 0) is 6.42 Å². The maximum atomic E-state index is 6.32. The van der Waals surface area contributed by atoms with E-state index in [0.29, 0.717) is 11.4 Å². The highest BCUT2D eigenvalue weighted by molar-refractivity contribution is 6.31. The first-order valence-corrected chi connectivity index (χ1v) is 7.02. The molecule has 1 unspecified atom stereocenters. The van der Waals surface area contributed by atoms with E-state index < -0.39 is 0 Å². The Morgan fingerprint density at radius 2 is 2.15 bits per heavy atom. The van der Waals surface area contributed by atoms with Gasteiger partial charge in [-0.1, -0.05) is 23.7 Å². The first-order chi connectivity index (χ1) is 9.52. The van der Waals surface area contributed by atoms with Crippen LogP contribution in [0.4, 0.5) is 0 Å². The number of methoxy groups -OCH3 is 1. The zero-order valence-electron chi connectivity index (χ0n) is 12.0. The van der Waals surface area contributed by atoms with Gasteiger partial charge in [-0.15, -0.1) is 0 Å². The van der Waals surface area contributed by atoms with E-state index in [9.17, 15) is 0 Å². The lowest BCUT2D eigenvalue weighted by molar-refractivity contribution is 0.414. The molecule has 0 aliphatic heterocycles. The predicted octanol–water partition coefficient (Wildman–Crippen LogP) is 3.37. The molecular weight excluding hydrogens is 274 g/mol. The van der Waals surface area contributed by atoms with Gasteiger partial charge >= 0.3 is 0 Å². The van der Waals surface area contributed by atoms with Crippen LogP contribution in [-0.4, -0.2) is 16.9 Å². The second-order valence-electron chi connectivity index (χ2n) is 5.08. The minimum Gasteiger partial charge on any atom is -0.497 e. The Balaban J connectivity index is 2.23. The summed E-state index contributed by atoms with van der Waals surface area (Å²) in [5.74, 6) is 0.832. The van der Waals surface area contributed by atoms with Gasteiger partial charge in [0.25, 0.3) is 0 Å². The van der Waals surface area contributed by atoms with E-state index in [1.807, 2.05) is 28.9 Å². The van der Waals surface area contributed by atoms with Gasteiger partial charge in [0.1, 0.15) is 5.75 Å². The van der Waals surface area contributed by atoms with Gasteiger partial charge < -0.3 is 10.5 Å². The fraction of sp³-hybridized carbons (Fsp3) is 0.400. The Kier molecular flexibility index (Phi) is 4.68. The van der Waals surface area contributed by atoms with Crippen molar-refractivity contribution in [3.8, 4) is 5.75 Å². The van der Waals surface area contributed by atoms with Gasteiger partial charge in [0.15, 0.2) is 0 Å². The van der Waals surface area contributed by atoms with Crippen molar-refractivity contribution >= 4 is 11.6 Å². The number of rotatable bonds is 5. The molecule has 4 nitrogen and oxygen atoms in total. The quantitative estimate of drug-likeness (QED) is 0.919. The van der Waals surface area contributed by atoms with Crippen molar-refractivity contribution in [2.24, 2.45) is 5.73 Å². The summed E-state index contributed by atoms with van der Waals surface area (Å²) in [6.45, 7) is 4.12. The second kappa shape index (κ2) is 6.29. The van der Waals surface area contributed by atoms with Crippen molar-refractivity contribution in [3.63, 3.8) is 0 Å². The van der Waals surface area contributed by atoms with Crippen LogP contribution in [0, 0.1) is 0 Å². The first-order valence-electron chi connectivity index (χ1n) is 6.64. The normalized spacial score (nSPS) is 12.7. The summed E-state index contributed by atoms with van der Waals surface area (Å²) in [5, 5.41) is 4.91. The largest absolute Gasteiger partial charge is 0.497 e. The van der Waals surface area contributed by atoms with E-state index in [1.54, 1.807) is 13.3 Å². The van der Waals surface area contributed by atoms with Crippen LogP contribution in [0.3, 0.4) is 0 Å². The SMILES string of the molecule is COc1cccc(CC(N)c2c(Cl)cnn2C(C)C)c1. The fourth-order valence-corrected chi connectivity index (χ4v) is 2.53. The molecule has 1 aromatic heterocycles. The molecule has 2 rings (SSSR count). The maximum absolute atomic E-state index is 6.32. The van der Waals surface area contributed by atoms with Crippen molar-refractivity contribution < 1.29 is 4.74 Å². The van der Waals surface area contributed by atoms with Crippen molar-refractivity contribution in [2.75, 3.05) is 7.11 Å². The molecule has 0 amide bonds. The van der Waals surface area contributed by atoms with Crippen molar-refractivity contribution in [2.45, 2.75) is 32.4 Å². The van der Waals surface area contributed by atoms with Crippen LogP contribution in [0.2, 0.25) is 5.02 Å². The molecule has 2 N–H and O–H groups in total. The molecule has 0 bridgehead atoms. The van der Waals surface area contributed by atoms with Crippen LogP contribution < -0.4 is 10.5 Å². The summed E-state index contributed by atoms with van der Waals surface area (Å²) in [7, 11) is 1.66. The van der Waals surface area contributed by atoms with Crippen LogP contribution >= 0.6 is 11.6 Å². The third-order valence-electron chi connectivity index (χ3n) is 3.22. The summed E-state index contributed by atoms with van der Waals surface area (Å²) in [4.78, 5) is 0. The van der Waals surface area contributed by atoms with Gasteiger partial charge in [-0.25, -0.2) is 0 Å². The Bertz CT molecular complexity index is 580. The number of halogens is 1. The Hall–Kier alpha value is -1.52. The number of nitrogens with two attached hydrogens (primary N) is 1. The van der Waals surface area contributed by atoms with Crippen molar-refractivity contribution in [1.29, 1.82) is 0 Å². The van der Waals surface area contributed by atoms with E-state index in [0.717, 1.165) is 17.0 Å². The highest BCUT2D eigenvalue weighted by Crippen LogP contribution is 2.27. The number of benzene rings is 1. The van der Waals surface area contributed by atoms with E-state index >= 15 is 0 Å². The summed E-state index contributed by atoms with van der Waals surface area (Å²) in [5.41, 5.74) is 8.31. The summed E-state index contributed by atoms with van der Waals surface area (Å²) in [6, 6.07) is 7.94. The number of ether oxygens (including phenoxy) is 1. The monoisotopic (exact) mass is 293 g/mol. The van der Waals surface area contributed by atoms with Gasteiger partial charge in [0.2, 0.25) is 0 Å². The molecule has 0 radical (unpaired) electrons. The summed E-state index contributed by atoms with van der Waals surface area (Å²) >= 11 is 6.22. The molecule has 0 fully saturated rings. The van der Waals surface area contributed by atoms with Gasteiger partial charge in [-0.3, -0.25) is 4.68 Å². The molecule has 2 aromatic rings. The lowest BCUT2D eigenvalue weighted by Crippen LogP contribution is -2.20. The number of aromatic nitrogens is 2. The maximum Gasteiger partial charge on any atom is 0.119 e. The van der Waals surface area contributed by atoms with Gasteiger partial charge in [0, 0.05) is 6.04 Å². The number of nitrogens with zero attached hydrogens (tertiary/aromatic N) is 2. The fourth-order valence-electron chi connectivity index (χ4n) is 2.26. The van der Waals surface area contributed by atoms with Gasteiger partial charge in [-0.2, -0.15) is 5.10 Å². The Morgan fingerprint density at radius 3 is 2.80 bits per heavy atom. The van der Waals surface area contributed by atoms with E-state index in [4.69, 9.17) is 22.1 Å². The first kappa shape index (κ1) is 14.9. The highest BCUT2D eigenvalue weighted by Gasteiger charge is 2.19. The summed E-state index contributed by atoms with van der Waals surface area (Å²) in [6.07, 6.45) is 2.34. The zero-order chi connectivity index (χ0) is 14.7. The van der Waals surface area contributed by atoms with Crippen molar-refractivity contribution in [3.05, 3.63) is 46.7 Å². The molecule has 1 atom stereocenters. The number of hydrogen-bond acceptors (Lipinski definition) is 3. The standard InChI is InChI=1S/C15H20ClN3O/c1-10(2)19-15(13(16)9-18-19)14(17)8-11-5-4-6-12(7-11)20-3/h4-7,9-10,14H,8,17H2,1-3H3. The smallest absolute Gasteiger partial charge is 0.119 e. The number of hydrogen-bond donors (Lipinski definition) is 1. The lowest BCUT2D eigenvalue weighted by atomic mass is 10.0. The molecule has 20 heavy (non-hydrogen) atoms. The topological polar surface area (TPSA) is 53.1 Å². The van der Waals surface area contributed by atoms with Crippen LogP contribution in [0.5, 0.6) is 5.75 Å². The van der Waals surface area contributed by atoms with E-state index in [2.05, 4.69) is 18.9 Å². The van der Waals surface area contributed by atoms with Crippen LogP contribution in [0.25, 0.3) is 0 Å². The Labute approximate surface area is 124 Å². The molecular formula is C15H20ClN3O. The third-order valence-corrected chi connectivity index (χ3v) is 3.51. The van der Waals surface area contributed by atoms with Crippen molar-refractivity contribution in [1.82, 2.24) is 9.78 Å². The average Bonchev–Trinajstić information content (AvgIpc) is 2.81. The predicted molar refractivity (Wildman–Crippen MR) is 81.2 cm³/mol. The molecule has 0 saturated heterocycles. The van der Waals surface area contributed by atoms with E-state index in [1.165, 1.54) is 0 Å². The minimum absolute atomic E-state index is 0.195. The Morgan fingerprint density at radius 1 is 1.40 bits per heavy atom. The van der Waals surface area contributed by atoms with Gasteiger partial charge in [-0.05, 0) is 38.0 Å². The molecule has 1 aromatic carbocycles. The summed E-state index contributed by atoms with van der Waals surface area (Å²) < 4.78 is 7.11. The second-order valence-corrected chi connectivity index (χ2v) is 5.49. The molecule has 0 saturated carbocycles. The molecule has 108 valence electrons. The molecule has 0 aliphatic carbocycles. The molecule has 5 heteroatoms. The highest BCUT2D eigenvalue weighted by atomic mass is 35.5. The molecule has 0 aliphatic rings. The minimum atomic E-state index is -0.195. The zero-order valence-corrected chi connectivity index (χ0v) is 12.8. The average molecular weight is 294 g/mol. The van der Waals surface area contributed by atoms with E-state index in [-0.39, 0.29) is 12.1 Å². The lowest BCUT2D eigenvalue weighted by Gasteiger charge is -2.17.